The smallest absolute Gasteiger partial charge is 0.327 e. The molecule has 0 spiro atoms. The molecular formula is C22H25NO5. The number of ketones is 1. The summed E-state index contributed by atoms with van der Waals surface area (Å²) in [4.78, 5) is 38.0. The van der Waals surface area contributed by atoms with E-state index in [0.717, 1.165) is 30.4 Å². The van der Waals surface area contributed by atoms with Crippen LogP contribution in [0.15, 0.2) is 48.8 Å². The first-order chi connectivity index (χ1) is 13.5. The molecule has 0 radical (unpaired) electrons. The molecule has 0 atom stereocenters. The van der Waals surface area contributed by atoms with Crippen molar-refractivity contribution in [3.63, 3.8) is 0 Å². The molecule has 0 unspecified atom stereocenters. The van der Waals surface area contributed by atoms with E-state index in [9.17, 15) is 14.4 Å². The minimum absolute atomic E-state index is 0.457. The molecule has 3 rings (SSSR count). The fourth-order valence-electron chi connectivity index (χ4n) is 4.05. The quantitative estimate of drug-likeness (QED) is 0.565. The van der Waals surface area contributed by atoms with Gasteiger partial charge in [-0.05, 0) is 30.0 Å². The second-order valence-corrected chi connectivity index (χ2v) is 7.11. The second-order valence-electron chi connectivity index (χ2n) is 7.11. The summed E-state index contributed by atoms with van der Waals surface area (Å²) in [5.74, 6) is -3.79. The minimum Gasteiger partial charge on any atom is -0.468 e. The van der Waals surface area contributed by atoms with Gasteiger partial charge in [0.1, 0.15) is 5.54 Å². The van der Waals surface area contributed by atoms with Crippen LogP contribution < -0.4 is 0 Å². The Hall–Kier alpha value is -2.89. The average molecular weight is 383 g/mol. The minimum atomic E-state index is -1.57. The van der Waals surface area contributed by atoms with Gasteiger partial charge in [0.15, 0.2) is 5.78 Å². The molecule has 148 valence electrons. The van der Waals surface area contributed by atoms with E-state index in [1.165, 1.54) is 14.2 Å². The van der Waals surface area contributed by atoms with Gasteiger partial charge in [-0.15, -0.1) is 0 Å². The first kappa shape index (κ1) is 19.9. The van der Waals surface area contributed by atoms with Crippen molar-refractivity contribution in [1.29, 1.82) is 0 Å². The van der Waals surface area contributed by atoms with Crippen LogP contribution in [0, 0.1) is 5.92 Å². The number of hydrogen-bond donors (Lipinski definition) is 0. The number of nitrogens with zero attached hydrogens (tertiary/aromatic N) is 1. The van der Waals surface area contributed by atoms with E-state index >= 15 is 0 Å². The normalized spacial score (nSPS) is 15.8. The van der Waals surface area contributed by atoms with Gasteiger partial charge in [0.25, 0.3) is 0 Å². The molecule has 2 aromatic rings. The van der Waals surface area contributed by atoms with E-state index < -0.39 is 29.2 Å². The highest BCUT2D eigenvalue weighted by Crippen LogP contribution is 2.39. The predicted octanol–water partition coefficient (Wildman–Crippen LogP) is 3.35. The molecule has 1 aliphatic carbocycles. The summed E-state index contributed by atoms with van der Waals surface area (Å²) in [5.41, 5.74) is 1.06. The van der Waals surface area contributed by atoms with Gasteiger partial charge in [-0.25, -0.2) is 0 Å². The summed E-state index contributed by atoms with van der Waals surface area (Å²) >= 11 is 0. The molecule has 0 aliphatic heterocycles. The summed E-state index contributed by atoms with van der Waals surface area (Å²) < 4.78 is 11.3. The Morgan fingerprint density at radius 1 is 0.893 bits per heavy atom. The van der Waals surface area contributed by atoms with Gasteiger partial charge >= 0.3 is 11.9 Å². The topological polar surface area (TPSA) is 74.6 Å². The fourth-order valence-corrected chi connectivity index (χ4v) is 4.05. The van der Waals surface area contributed by atoms with E-state index in [-0.39, 0.29) is 0 Å². The average Bonchev–Trinajstić information content (AvgIpc) is 3.25. The zero-order chi connectivity index (χ0) is 20.1. The highest BCUT2D eigenvalue weighted by atomic mass is 16.5. The van der Waals surface area contributed by atoms with Crippen LogP contribution in [0.5, 0.6) is 0 Å². The third-order valence-corrected chi connectivity index (χ3v) is 5.57. The number of rotatable bonds is 6. The Morgan fingerprint density at radius 2 is 1.50 bits per heavy atom. The number of Topliss-reactive ketones (excluding diaryl/α,β-unsaturated/α-hetero) is 1. The molecule has 1 fully saturated rings. The maximum atomic E-state index is 13.5. The third kappa shape index (κ3) is 3.59. The zero-order valence-corrected chi connectivity index (χ0v) is 16.2. The molecule has 1 saturated carbocycles. The van der Waals surface area contributed by atoms with Gasteiger partial charge in [-0.2, -0.15) is 0 Å². The van der Waals surface area contributed by atoms with Crippen molar-refractivity contribution in [2.24, 2.45) is 5.92 Å². The standard InChI is InChI=1S/C22H25NO5/c1-27-20(25)18(21(26)28-2)19(24)22(12-7-4-8-13-22)23-14-11-17(15-23)16-9-5-3-6-10-16/h3,5-6,9-11,14-15,18H,4,7-8,12-13H2,1-2H3. The first-order valence-corrected chi connectivity index (χ1v) is 9.47. The van der Waals surface area contributed by atoms with Gasteiger partial charge in [0.05, 0.1) is 14.2 Å². The highest BCUT2D eigenvalue weighted by molar-refractivity contribution is 6.17. The Kier molecular flexibility index (Phi) is 5.97. The summed E-state index contributed by atoms with van der Waals surface area (Å²) in [6, 6.07) is 11.8. The van der Waals surface area contributed by atoms with Crippen molar-refractivity contribution < 1.29 is 23.9 Å². The van der Waals surface area contributed by atoms with Gasteiger partial charge in [0.2, 0.25) is 5.92 Å². The molecule has 1 aliphatic rings. The van der Waals surface area contributed by atoms with Crippen LogP contribution in [0.4, 0.5) is 0 Å². The predicted molar refractivity (Wildman–Crippen MR) is 103 cm³/mol. The summed E-state index contributed by atoms with van der Waals surface area (Å²) in [5, 5.41) is 0. The van der Waals surface area contributed by atoms with Crippen molar-refractivity contribution in [2.45, 2.75) is 37.6 Å². The van der Waals surface area contributed by atoms with Crippen molar-refractivity contribution in [1.82, 2.24) is 4.57 Å². The number of methoxy groups -OCH3 is 2. The highest BCUT2D eigenvalue weighted by Gasteiger charge is 2.50. The molecule has 1 heterocycles. The summed E-state index contributed by atoms with van der Waals surface area (Å²) in [7, 11) is 2.34. The monoisotopic (exact) mass is 383 g/mol. The number of esters is 2. The van der Waals surface area contributed by atoms with Crippen LogP contribution in [0.1, 0.15) is 32.1 Å². The van der Waals surface area contributed by atoms with Crippen molar-refractivity contribution >= 4 is 17.7 Å². The lowest BCUT2D eigenvalue weighted by Crippen LogP contribution is -2.50. The molecule has 0 bridgehead atoms. The molecule has 0 saturated heterocycles. The first-order valence-electron chi connectivity index (χ1n) is 9.47. The van der Waals surface area contributed by atoms with E-state index in [0.29, 0.717) is 12.8 Å². The lowest BCUT2D eigenvalue weighted by Gasteiger charge is -2.38. The Labute approximate surface area is 164 Å². The molecule has 28 heavy (non-hydrogen) atoms. The zero-order valence-electron chi connectivity index (χ0n) is 16.2. The second kappa shape index (κ2) is 8.42. The van der Waals surface area contributed by atoms with Gasteiger partial charge in [-0.3, -0.25) is 14.4 Å². The van der Waals surface area contributed by atoms with Gasteiger partial charge in [0, 0.05) is 12.4 Å². The number of ether oxygens (including phenoxy) is 2. The Bertz CT molecular complexity index is 833. The summed E-state index contributed by atoms with van der Waals surface area (Å²) in [6.45, 7) is 0. The van der Waals surface area contributed by atoms with Crippen LogP contribution >= 0.6 is 0 Å². The van der Waals surface area contributed by atoms with Crippen LogP contribution in [0.25, 0.3) is 11.1 Å². The lowest BCUT2D eigenvalue weighted by molar-refractivity contribution is -0.164. The van der Waals surface area contributed by atoms with Crippen LogP contribution in [0.2, 0.25) is 0 Å². The van der Waals surface area contributed by atoms with Crippen LogP contribution in [-0.4, -0.2) is 36.5 Å². The molecule has 1 aromatic carbocycles. The maximum Gasteiger partial charge on any atom is 0.327 e. The molecular weight excluding hydrogens is 358 g/mol. The number of carbonyl (C=O) groups is 3. The van der Waals surface area contributed by atoms with Crippen molar-refractivity contribution in [3.05, 3.63) is 48.8 Å². The van der Waals surface area contributed by atoms with E-state index in [1.54, 1.807) is 0 Å². The third-order valence-electron chi connectivity index (χ3n) is 5.57. The largest absolute Gasteiger partial charge is 0.468 e. The molecule has 0 N–H and O–H groups in total. The van der Waals surface area contributed by atoms with Crippen molar-refractivity contribution in [3.8, 4) is 11.1 Å². The molecule has 6 heteroatoms. The van der Waals surface area contributed by atoms with Gasteiger partial charge in [-0.1, -0.05) is 49.6 Å². The van der Waals surface area contributed by atoms with Crippen LogP contribution in [-0.2, 0) is 29.4 Å². The Morgan fingerprint density at radius 3 is 2.07 bits per heavy atom. The van der Waals surface area contributed by atoms with Crippen molar-refractivity contribution in [2.75, 3.05) is 14.2 Å². The van der Waals surface area contributed by atoms with E-state index in [4.69, 9.17) is 9.47 Å². The molecule has 0 amide bonds. The number of hydrogen-bond acceptors (Lipinski definition) is 5. The Balaban J connectivity index is 2.03. The van der Waals surface area contributed by atoms with Crippen LogP contribution in [0.3, 0.4) is 0 Å². The number of aromatic nitrogens is 1. The molecule has 1 aromatic heterocycles. The summed E-state index contributed by atoms with van der Waals surface area (Å²) in [6.07, 6.45) is 7.63. The fraction of sp³-hybridized carbons (Fsp3) is 0.409. The number of benzene rings is 1. The SMILES string of the molecule is COC(=O)C(C(=O)OC)C(=O)C1(n2ccc(-c3ccccc3)c2)CCCCC1. The molecule has 6 nitrogen and oxygen atoms in total. The number of carbonyl (C=O) groups excluding carboxylic acids is 3. The maximum absolute atomic E-state index is 13.5. The van der Waals surface area contributed by atoms with E-state index in [1.807, 2.05) is 53.4 Å². The lowest BCUT2D eigenvalue weighted by atomic mass is 9.74. The van der Waals surface area contributed by atoms with Gasteiger partial charge < -0.3 is 14.0 Å². The van der Waals surface area contributed by atoms with E-state index in [2.05, 4.69) is 0 Å².